The standard InChI is InChI=1S/C16H18N2O4S/c1-2-10-22-15(21)17-16(12-19,11-18-9-8-14(18)20)23-13-6-4-3-5-7-13/h2-7,12H,1,8-11H2,(H,17,21)/t16-/m1/s1. The minimum Gasteiger partial charge on any atom is -0.445 e. The fraction of sp³-hybridized carbons (Fsp3) is 0.312. The van der Waals surface area contributed by atoms with E-state index in [9.17, 15) is 14.4 Å². The number of hydrogen-bond donors (Lipinski definition) is 1. The molecule has 1 aliphatic rings. The molecule has 1 aromatic carbocycles. The molecule has 0 saturated carbocycles. The third kappa shape index (κ3) is 4.59. The van der Waals surface area contributed by atoms with Crippen LogP contribution in [0, 0.1) is 0 Å². The van der Waals surface area contributed by atoms with Gasteiger partial charge in [0.05, 0.1) is 6.54 Å². The van der Waals surface area contributed by atoms with Crippen LogP contribution in [-0.2, 0) is 14.3 Å². The van der Waals surface area contributed by atoms with Crippen molar-refractivity contribution in [1.29, 1.82) is 0 Å². The highest BCUT2D eigenvalue weighted by Gasteiger charge is 2.39. The summed E-state index contributed by atoms with van der Waals surface area (Å²) in [7, 11) is 0. The van der Waals surface area contributed by atoms with Gasteiger partial charge in [0, 0.05) is 17.9 Å². The number of hydrogen-bond acceptors (Lipinski definition) is 5. The van der Waals surface area contributed by atoms with Gasteiger partial charge in [0.1, 0.15) is 6.61 Å². The Bertz CT molecular complexity index is 593. The lowest BCUT2D eigenvalue weighted by atomic mass is 10.1. The SMILES string of the molecule is C=CCOC(=O)N[C@](C=O)(CN1CCC1=O)Sc1ccccc1. The molecular weight excluding hydrogens is 316 g/mol. The van der Waals surface area contributed by atoms with Crippen LogP contribution >= 0.6 is 11.8 Å². The lowest BCUT2D eigenvalue weighted by Crippen LogP contribution is -2.59. The molecule has 1 fully saturated rings. The van der Waals surface area contributed by atoms with Crippen LogP contribution < -0.4 is 5.32 Å². The Labute approximate surface area is 138 Å². The highest BCUT2D eigenvalue weighted by Crippen LogP contribution is 2.31. The summed E-state index contributed by atoms with van der Waals surface area (Å²) in [5, 5.41) is 2.58. The van der Waals surface area contributed by atoms with E-state index in [0.717, 1.165) is 4.90 Å². The third-order valence-electron chi connectivity index (χ3n) is 3.25. The molecule has 1 N–H and O–H groups in total. The maximum Gasteiger partial charge on any atom is 0.408 e. The molecule has 0 unspecified atom stereocenters. The van der Waals surface area contributed by atoms with E-state index in [-0.39, 0.29) is 19.1 Å². The quantitative estimate of drug-likeness (QED) is 0.258. The van der Waals surface area contributed by atoms with Crippen LogP contribution in [0.15, 0.2) is 47.9 Å². The Hall–Kier alpha value is -2.28. The normalized spacial score (nSPS) is 16.0. The van der Waals surface area contributed by atoms with Crippen molar-refractivity contribution in [3.8, 4) is 0 Å². The number of likely N-dealkylation sites (tertiary alicyclic amines) is 1. The smallest absolute Gasteiger partial charge is 0.408 e. The highest BCUT2D eigenvalue weighted by molar-refractivity contribution is 8.01. The summed E-state index contributed by atoms with van der Waals surface area (Å²) in [5.74, 6) is -0.0360. The van der Waals surface area contributed by atoms with E-state index in [1.54, 1.807) is 0 Å². The Balaban J connectivity index is 2.16. The van der Waals surface area contributed by atoms with Gasteiger partial charge in [0.25, 0.3) is 0 Å². The van der Waals surface area contributed by atoms with Crippen LogP contribution in [0.3, 0.4) is 0 Å². The van der Waals surface area contributed by atoms with Gasteiger partial charge in [-0.2, -0.15) is 0 Å². The molecule has 122 valence electrons. The molecule has 7 heteroatoms. The third-order valence-corrected chi connectivity index (χ3v) is 4.45. The summed E-state index contributed by atoms with van der Waals surface area (Å²) in [6, 6.07) is 9.19. The molecule has 1 heterocycles. The molecule has 1 atom stereocenters. The predicted molar refractivity (Wildman–Crippen MR) is 87.0 cm³/mol. The second-order valence-corrected chi connectivity index (χ2v) is 6.40. The number of carbonyl (C=O) groups is 3. The van der Waals surface area contributed by atoms with Gasteiger partial charge in [-0.05, 0) is 12.1 Å². The summed E-state index contributed by atoms with van der Waals surface area (Å²) in [6.45, 7) is 4.18. The number of β-lactam (4-membered cyclic amide) rings is 1. The maximum absolute atomic E-state index is 11.9. The van der Waals surface area contributed by atoms with Gasteiger partial charge in [-0.25, -0.2) is 4.79 Å². The maximum atomic E-state index is 11.9. The molecule has 0 bridgehead atoms. The summed E-state index contributed by atoms with van der Waals surface area (Å²) >= 11 is 1.18. The molecular formula is C16H18N2O4S. The monoisotopic (exact) mass is 334 g/mol. The number of benzene rings is 1. The van der Waals surface area contributed by atoms with Gasteiger partial charge in [-0.15, -0.1) is 0 Å². The van der Waals surface area contributed by atoms with Crippen LogP contribution in [0.2, 0.25) is 0 Å². The zero-order valence-electron chi connectivity index (χ0n) is 12.6. The first kappa shape index (κ1) is 17.1. The van der Waals surface area contributed by atoms with E-state index in [1.807, 2.05) is 30.3 Å². The molecule has 1 aromatic rings. The van der Waals surface area contributed by atoms with Crippen molar-refractivity contribution >= 4 is 30.0 Å². The second-order valence-electron chi connectivity index (χ2n) is 5.00. The van der Waals surface area contributed by atoms with Gasteiger partial charge in [0.15, 0.2) is 11.2 Å². The van der Waals surface area contributed by atoms with Crippen molar-refractivity contribution in [3.05, 3.63) is 43.0 Å². The van der Waals surface area contributed by atoms with Crippen LogP contribution in [0.5, 0.6) is 0 Å². The lowest BCUT2D eigenvalue weighted by Gasteiger charge is -2.38. The van der Waals surface area contributed by atoms with E-state index >= 15 is 0 Å². The number of nitrogens with zero attached hydrogens (tertiary/aromatic N) is 1. The topological polar surface area (TPSA) is 75.7 Å². The zero-order chi connectivity index (χ0) is 16.7. The fourth-order valence-corrected chi connectivity index (χ4v) is 3.16. The lowest BCUT2D eigenvalue weighted by molar-refractivity contribution is -0.140. The number of amides is 2. The summed E-state index contributed by atoms with van der Waals surface area (Å²) < 4.78 is 4.90. The van der Waals surface area contributed by atoms with Gasteiger partial charge in [-0.3, -0.25) is 14.9 Å². The Morgan fingerprint density at radius 1 is 1.43 bits per heavy atom. The molecule has 0 aromatic heterocycles. The Morgan fingerprint density at radius 3 is 2.70 bits per heavy atom. The average molecular weight is 334 g/mol. The first-order valence-corrected chi connectivity index (χ1v) is 7.94. The highest BCUT2D eigenvalue weighted by atomic mass is 32.2. The van der Waals surface area contributed by atoms with Gasteiger partial charge >= 0.3 is 6.09 Å². The number of nitrogens with one attached hydrogen (secondary N) is 1. The van der Waals surface area contributed by atoms with Crippen LogP contribution in [0.4, 0.5) is 4.79 Å². The molecule has 6 nitrogen and oxygen atoms in total. The molecule has 1 saturated heterocycles. The molecule has 2 amide bonds. The first-order chi connectivity index (χ1) is 11.1. The average Bonchev–Trinajstić information content (AvgIpc) is 2.57. The van der Waals surface area contributed by atoms with Crippen LogP contribution in [0.25, 0.3) is 0 Å². The molecule has 0 spiro atoms. The molecule has 2 rings (SSSR count). The summed E-state index contributed by atoms with van der Waals surface area (Å²) in [4.78, 5) is 36.3. The number of ether oxygens (including phenoxy) is 1. The van der Waals surface area contributed by atoms with Crippen molar-refractivity contribution in [2.45, 2.75) is 16.2 Å². The number of carbonyl (C=O) groups excluding carboxylic acids is 3. The van der Waals surface area contributed by atoms with E-state index < -0.39 is 11.0 Å². The molecule has 0 aliphatic carbocycles. The predicted octanol–water partition coefficient (Wildman–Crippen LogP) is 1.82. The first-order valence-electron chi connectivity index (χ1n) is 7.12. The minimum absolute atomic E-state index is 0.0360. The van der Waals surface area contributed by atoms with Crippen LogP contribution in [0.1, 0.15) is 6.42 Å². The van der Waals surface area contributed by atoms with Crippen molar-refractivity contribution in [2.75, 3.05) is 19.7 Å². The molecule has 1 aliphatic heterocycles. The molecule has 23 heavy (non-hydrogen) atoms. The second kappa shape index (κ2) is 7.82. The number of alkyl carbamates (subject to hydrolysis) is 1. The van der Waals surface area contributed by atoms with Crippen LogP contribution in [-0.4, -0.2) is 47.8 Å². The van der Waals surface area contributed by atoms with Gasteiger partial charge in [-0.1, -0.05) is 42.6 Å². The Morgan fingerprint density at radius 2 is 2.17 bits per heavy atom. The Kier molecular flexibility index (Phi) is 5.81. The van der Waals surface area contributed by atoms with Crippen molar-refractivity contribution in [1.82, 2.24) is 10.2 Å². The van der Waals surface area contributed by atoms with E-state index in [4.69, 9.17) is 4.74 Å². The summed E-state index contributed by atoms with van der Waals surface area (Å²) in [5.41, 5.74) is 0. The van der Waals surface area contributed by atoms with Crippen molar-refractivity contribution in [2.24, 2.45) is 0 Å². The van der Waals surface area contributed by atoms with Gasteiger partial charge < -0.3 is 9.64 Å². The zero-order valence-corrected chi connectivity index (χ0v) is 13.4. The van der Waals surface area contributed by atoms with E-state index in [0.29, 0.717) is 19.3 Å². The minimum atomic E-state index is -1.30. The van der Waals surface area contributed by atoms with Crippen molar-refractivity contribution < 1.29 is 19.1 Å². The van der Waals surface area contributed by atoms with Crippen molar-refractivity contribution in [3.63, 3.8) is 0 Å². The largest absolute Gasteiger partial charge is 0.445 e. The number of thioether (sulfide) groups is 1. The number of aldehydes is 1. The van der Waals surface area contributed by atoms with E-state index in [1.165, 1.54) is 22.7 Å². The fourth-order valence-electron chi connectivity index (χ4n) is 2.04. The summed E-state index contributed by atoms with van der Waals surface area (Å²) in [6.07, 6.45) is 1.82. The van der Waals surface area contributed by atoms with E-state index in [2.05, 4.69) is 11.9 Å². The van der Waals surface area contributed by atoms with Gasteiger partial charge in [0.2, 0.25) is 5.91 Å². The number of rotatable bonds is 8. The molecule has 0 radical (unpaired) electrons.